The first-order valence-electron chi connectivity index (χ1n) is 4.97. The Labute approximate surface area is 86.1 Å². The van der Waals surface area contributed by atoms with E-state index in [1.165, 1.54) is 12.8 Å². The summed E-state index contributed by atoms with van der Waals surface area (Å²) < 4.78 is 5.43. The van der Waals surface area contributed by atoms with Crippen LogP contribution < -0.4 is 5.32 Å². The zero-order valence-corrected chi connectivity index (χ0v) is 8.10. The SMILES string of the molecule is c1c[nH]c(CNc2nnc(C3CC3)o2)n1. The molecule has 15 heavy (non-hydrogen) atoms. The van der Waals surface area contributed by atoms with E-state index in [1.807, 2.05) is 0 Å². The Balaban J connectivity index is 1.61. The van der Waals surface area contributed by atoms with E-state index in [-0.39, 0.29) is 0 Å². The third-order valence-corrected chi connectivity index (χ3v) is 2.33. The molecule has 0 unspecified atom stereocenters. The summed E-state index contributed by atoms with van der Waals surface area (Å²) in [5.74, 6) is 2.09. The Bertz CT molecular complexity index is 431. The summed E-state index contributed by atoms with van der Waals surface area (Å²) in [5, 5.41) is 10.9. The van der Waals surface area contributed by atoms with Gasteiger partial charge >= 0.3 is 6.01 Å². The normalized spacial score (nSPS) is 15.5. The van der Waals surface area contributed by atoms with Crippen LogP contribution in [0.5, 0.6) is 0 Å². The number of nitrogens with one attached hydrogen (secondary N) is 2. The molecule has 78 valence electrons. The van der Waals surface area contributed by atoms with Crippen molar-refractivity contribution >= 4 is 6.01 Å². The molecule has 0 aromatic carbocycles. The van der Waals surface area contributed by atoms with Crippen LogP contribution in [0.2, 0.25) is 0 Å². The third kappa shape index (κ3) is 1.83. The van der Waals surface area contributed by atoms with Crippen molar-refractivity contribution in [2.75, 3.05) is 5.32 Å². The van der Waals surface area contributed by atoms with Crippen LogP contribution in [0.25, 0.3) is 0 Å². The molecule has 2 aromatic rings. The van der Waals surface area contributed by atoms with Crippen LogP contribution in [0.15, 0.2) is 16.8 Å². The second-order valence-corrected chi connectivity index (χ2v) is 3.61. The quantitative estimate of drug-likeness (QED) is 0.786. The van der Waals surface area contributed by atoms with Crippen molar-refractivity contribution in [1.82, 2.24) is 20.2 Å². The molecule has 3 rings (SSSR count). The Kier molecular flexibility index (Phi) is 1.90. The molecule has 2 aromatic heterocycles. The lowest BCUT2D eigenvalue weighted by molar-refractivity contribution is 0.506. The Morgan fingerprint density at radius 2 is 2.40 bits per heavy atom. The van der Waals surface area contributed by atoms with Crippen LogP contribution >= 0.6 is 0 Å². The number of imidazole rings is 1. The minimum Gasteiger partial charge on any atom is -0.408 e. The zero-order chi connectivity index (χ0) is 10.1. The van der Waals surface area contributed by atoms with Crippen molar-refractivity contribution in [1.29, 1.82) is 0 Å². The fourth-order valence-electron chi connectivity index (χ4n) is 1.36. The average Bonchev–Trinajstić information content (AvgIpc) is 2.82. The summed E-state index contributed by atoms with van der Waals surface area (Å²) in [6, 6.07) is 0.466. The molecule has 6 nitrogen and oxygen atoms in total. The van der Waals surface area contributed by atoms with Gasteiger partial charge in [-0.05, 0) is 12.8 Å². The molecule has 1 saturated carbocycles. The Hall–Kier alpha value is -1.85. The number of hydrogen-bond acceptors (Lipinski definition) is 5. The standard InChI is InChI=1S/C9H11N5O/c1-2-6(1)8-13-14-9(15-8)12-5-7-10-3-4-11-7/h3-4,6H,1-2,5H2,(H,10,11)(H,12,14). The fraction of sp³-hybridized carbons (Fsp3) is 0.444. The molecular formula is C9H11N5O. The summed E-state index contributed by atoms with van der Waals surface area (Å²) in [7, 11) is 0. The molecule has 0 amide bonds. The van der Waals surface area contributed by atoms with Crippen LogP contribution in [0.3, 0.4) is 0 Å². The van der Waals surface area contributed by atoms with Crippen molar-refractivity contribution in [2.45, 2.75) is 25.3 Å². The number of rotatable bonds is 4. The Morgan fingerprint density at radius 1 is 1.47 bits per heavy atom. The highest BCUT2D eigenvalue weighted by molar-refractivity contribution is 5.19. The van der Waals surface area contributed by atoms with Gasteiger partial charge in [0.25, 0.3) is 0 Å². The summed E-state index contributed by atoms with van der Waals surface area (Å²) in [5.41, 5.74) is 0. The Morgan fingerprint density at radius 3 is 3.13 bits per heavy atom. The van der Waals surface area contributed by atoms with E-state index >= 15 is 0 Å². The molecule has 0 atom stereocenters. The van der Waals surface area contributed by atoms with E-state index in [0.717, 1.165) is 11.7 Å². The van der Waals surface area contributed by atoms with Gasteiger partial charge in [0.15, 0.2) is 0 Å². The molecule has 0 radical (unpaired) electrons. The second-order valence-electron chi connectivity index (χ2n) is 3.61. The van der Waals surface area contributed by atoms with E-state index in [0.29, 0.717) is 18.5 Å². The molecule has 0 spiro atoms. The smallest absolute Gasteiger partial charge is 0.315 e. The molecule has 0 bridgehead atoms. The van der Waals surface area contributed by atoms with Crippen molar-refractivity contribution in [2.24, 2.45) is 0 Å². The third-order valence-electron chi connectivity index (χ3n) is 2.33. The molecule has 6 heteroatoms. The predicted octanol–water partition coefficient (Wildman–Crippen LogP) is 1.28. The maximum absolute atomic E-state index is 5.43. The van der Waals surface area contributed by atoms with Crippen LogP contribution in [-0.2, 0) is 6.54 Å². The van der Waals surface area contributed by atoms with Gasteiger partial charge in [-0.15, -0.1) is 5.10 Å². The van der Waals surface area contributed by atoms with Gasteiger partial charge in [0.05, 0.1) is 6.54 Å². The molecule has 0 saturated heterocycles. The first kappa shape index (κ1) is 8.46. The second kappa shape index (κ2) is 3.38. The van der Waals surface area contributed by atoms with Gasteiger partial charge in [-0.1, -0.05) is 5.10 Å². The van der Waals surface area contributed by atoms with Gasteiger partial charge in [-0.25, -0.2) is 4.98 Å². The van der Waals surface area contributed by atoms with Gasteiger partial charge in [-0.2, -0.15) is 0 Å². The van der Waals surface area contributed by atoms with Gasteiger partial charge in [-0.3, -0.25) is 0 Å². The average molecular weight is 205 g/mol. The maximum atomic E-state index is 5.43. The van der Waals surface area contributed by atoms with Crippen LogP contribution in [0.1, 0.15) is 30.5 Å². The lowest BCUT2D eigenvalue weighted by Crippen LogP contribution is -2.01. The first-order chi connectivity index (χ1) is 7.42. The highest BCUT2D eigenvalue weighted by atomic mass is 16.4. The number of H-pyrrole nitrogens is 1. The molecule has 1 aliphatic rings. The lowest BCUT2D eigenvalue weighted by Gasteiger charge is -1.96. The molecule has 2 heterocycles. The number of aromatic nitrogens is 4. The number of aromatic amines is 1. The van der Waals surface area contributed by atoms with Crippen molar-refractivity contribution in [3.63, 3.8) is 0 Å². The monoisotopic (exact) mass is 205 g/mol. The minimum atomic E-state index is 0.466. The van der Waals surface area contributed by atoms with E-state index in [2.05, 4.69) is 25.5 Å². The molecule has 1 fully saturated rings. The predicted molar refractivity (Wildman–Crippen MR) is 52.2 cm³/mol. The van der Waals surface area contributed by atoms with Gasteiger partial charge < -0.3 is 14.7 Å². The number of anilines is 1. The first-order valence-corrected chi connectivity index (χ1v) is 4.97. The van der Waals surface area contributed by atoms with Gasteiger partial charge in [0.2, 0.25) is 5.89 Å². The highest BCUT2D eigenvalue weighted by Crippen LogP contribution is 2.39. The minimum absolute atomic E-state index is 0.466. The maximum Gasteiger partial charge on any atom is 0.315 e. The molecule has 0 aliphatic heterocycles. The molecule has 2 N–H and O–H groups in total. The van der Waals surface area contributed by atoms with E-state index in [1.54, 1.807) is 12.4 Å². The molecule has 1 aliphatic carbocycles. The van der Waals surface area contributed by atoms with Gasteiger partial charge in [0.1, 0.15) is 5.82 Å². The summed E-state index contributed by atoms with van der Waals surface area (Å²) in [6.07, 6.45) is 5.82. The topological polar surface area (TPSA) is 79.6 Å². The van der Waals surface area contributed by atoms with Crippen molar-refractivity contribution in [3.05, 3.63) is 24.1 Å². The van der Waals surface area contributed by atoms with Crippen molar-refractivity contribution < 1.29 is 4.42 Å². The van der Waals surface area contributed by atoms with E-state index in [4.69, 9.17) is 4.42 Å². The summed E-state index contributed by atoms with van der Waals surface area (Å²) >= 11 is 0. The van der Waals surface area contributed by atoms with E-state index < -0.39 is 0 Å². The van der Waals surface area contributed by atoms with Crippen LogP contribution in [0.4, 0.5) is 6.01 Å². The summed E-state index contributed by atoms with van der Waals surface area (Å²) in [4.78, 5) is 7.06. The largest absolute Gasteiger partial charge is 0.408 e. The number of nitrogens with zero attached hydrogens (tertiary/aromatic N) is 3. The zero-order valence-electron chi connectivity index (χ0n) is 8.10. The number of hydrogen-bond donors (Lipinski definition) is 2. The lowest BCUT2D eigenvalue weighted by atomic mass is 10.4. The summed E-state index contributed by atoms with van der Waals surface area (Å²) in [6.45, 7) is 0.569. The van der Waals surface area contributed by atoms with Gasteiger partial charge in [0, 0.05) is 18.3 Å². The van der Waals surface area contributed by atoms with E-state index in [9.17, 15) is 0 Å². The fourth-order valence-corrected chi connectivity index (χ4v) is 1.36. The van der Waals surface area contributed by atoms with Crippen LogP contribution in [-0.4, -0.2) is 20.2 Å². The van der Waals surface area contributed by atoms with Crippen molar-refractivity contribution in [3.8, 4) is 0 Å². The molecular weight excluding hydrogens is 194 g/mol. The van der Waals surface area contributed by atoms with Crippen LogP contribution in [0, 0.1) is 0 Å². The highest BCUT2D eigenvalue weighted by Gasteiger charge is 2.29.